The number of hydrogen-bond donors (Lipinski definition) is 2. The van der Waals surface area contributed by atoms with Crippen LogP contribution in [0.15, 0.2) is 47.9 Å². The van der Waals surface area contributed by atoms with E-state index >= 15 is 0 Å². The van der Waals surface area contributed by atoms with Crippen LogP contribution in [0, 0.1) is 17.3 Å². The molecule has 1 spiro atoms. The zero-order valence-corrected chi connectivity index (χ0v) is 21.2. The molecule has 2 unspecified atom stereocenters. The fraction of sp³-hybridized carbons (Fsp3) is 0.571. The molecule has 3 heterocycles. The Bertz CT molecular complexity index is 1130. The highest BCUT2D eigenvalue weighted by Gasteiger charge is 2.55. The molecule has 9 nitrogen and oxygen atoms in total. The van der Waals surface area contributed by atoms with Crippen LogP contribution in [-0.2, 0) is 25.8 Å². The summed E-state index contributed by atoms with van der Waals surface area (Å²) < 4.78 is 6.48. The summed E-state index contributed by atoms with van der Waals surface area (Å²) in [5, 5.41) is 15.5. The highest BCUT2D eigenvalue weighted by molar-refractivity contribution is 5.86. The number of carbonyl (C=O) groups is 2. The first-order valence-electron chi connectivity index (χ1n) is 13.5. The van der Waals surface area contributed by atoms with Crippen LogP contribution in [-0.4, -0.2) is 52.5 Å². The predicted octanol–water partition coefficient (Wildman–Crippen LogP) is 4.15. The SMILES string of the molecule is CC1CC[C@H]2OC3=C4[C@H](CCC3)CN(OC(=O)N[C@@H]3CCN(OCc5ccccc5O)C3=O)C=CC42C1. The number of carbonyl (C=O) groups excluding carboxylic acids is 2. The summed E-state index contributed by atoms with van der Waals surface area (Å²) >= 11 is 0. The lowest BCUT2D eigenvalue weighted by atomic mass is 9.61. The number of amides is 2. The number of aromatic hydroxyl groups is 1. The van der Waals surface area contributed by atoms with E-state index in [0.29, 0.717) is 31.0 Å². The number of hydrogen-bond acceptors (Lipinski definition) is 7. The van der Waals surface area contributed by atoms with Gasteiger partial charge in [-0.3, -0.25) is 9.63 Å². The van der Waals surface area contributed by atoms with Crippen molar-refractivity contribution in [1.82, 2.24) is 15.4 Å². The highest BCUT2D eigenvalue weighted by Crippen LogP contribution is 2.59. The topological polar surface area (TPSA) is 101 Å². The Morgan fingerprint density at radius 1 is 1.24 bits per heavy atom. The second-order valence-electron chi connectivity index (χ2n) is 11.1. The molecule has 5 atom stereocenters. The van der Waals surface area contributed by atoms with E-state index in [1.165, 1.54) is 22.8 Å². The number of nitrogens with zero attached hydrogens (tertiary/aromatic N) is 2. The Morgan fingerprint density at radius 2 is 2.11 bits per heavy atom. The third-order valence-corrected chi connectivity index (χ3v) is 8.60. The van der Waals surface area contributed by atoms with Crippen LogP contribution in [0.2, 0.25) is 0 Å². The van der Waals surface area contributed by atoms with Gasteiger partial charge in [0.1, 0.15) is 24.5 Å². The summed E-state index contributed by atoms with van der Waals surface area (Å²) in [5.74, 6) is 1.87. The van der Waals surface area contributed by atoms with Gasteiger partial charge in [0.25, 0.3) is 5.91 Å². The van der Waals surface area contributed by atoms with Gasteiger partial charge in [0, 0.05) is 24.1 Å². The van der Waals surface area contributed by atoms with Gasteiger partial charge in [-0.25, -0.2) is 14.9 Å². The molecule has 2 fully saturated rings. The van der Waals surface area contributed by atoms with Crippen molar-refractivity contribution >= 4 is 12.0 Å². The fourth-order valence-corrected chi connectivity index (χ4v) is 6.88. The minimum Gasteiger partial charge on any atom is -0.508 e. The van der Waals surface area contributed by atoms with Gasteiger partial charge in [-0.05, 0) is 56.1 Å². The minimum atomic E-state index is -0.716. The van der Waals surface area contributed by atoms with Crippen LogP contribution in [0.4, 0.5) is 4.79 Å². The number of ether oxygens (including phenoxy) is 1. The average molecular weight is 510 g/mol. The lowest BCUT2D eigenvalue weighted by Gasteiger charge is -2.41. The molecule has 198 valence electrons. The maximum atomic E-state index is 12.8. The minimum absolute atomic E-state index is 0.0679. The lowest BCUT2D eigenvalue weighted by Crippen LogP contribution is -2.43. The Balaban J connectivity index is 1.08. The van der Waals surface area contributed by atoms with Crippen LogP contribution < -0.4 is 5.32 Å². The molecule has 6 rings (SSSR count). The van der Waals surface area contributed by atoms with Gasteiger partial charge in [0.05, 0.1) is 24.3 Å². The normalized spacial score (nSPS) is 32.5. The molecule has 1 saturated heterocycles. The molecule has 1 saturated carbocycles. The van der Waals surface area contributed by atoms with Crippen molar-refractivity contribution in [2.24, 2.45) is 17.3 Å². The van der Waals surface area contributed by atoms with Crippen molar-refractivity contribution in [3.8, 4) is 5.75 Å². The summed E-state index contributed by atoms with van der Waals surface area (Å²) in [4.78, 5) is 36.9. The maximum absolute atomic E-state index is 12.8. The van der Waals surface area contributed by atoms with E-state index in [2.05, 4.69) is 18.3 Å². The third kappa shape index (κ3) is 4.43. The molecular weight excluding hydrogens is 474 g/mol. The van der Waals surface area contributed by atoms with Crippen molar-refractivity contribution in [2.75, 3.05) is 13.1 Å². The van der Waals surface area contributed by atoms with E-state index in [1.807, 2.05) is 6.20 Å². The van der Waals surface area contributed by atoms with Gasteiger partial charge in [-0.2, -0.15) is 0 Å². The molecule has 5 aliphatic rings. The second-order valence-corrected chi connectivity index (χ2v) is 11.1. The number of hydroxylamine groups is 4. The summed E-state index contributed by atoms with van der Waals surface area (Å²) in [6, 6.07) is 6.11. The van der Waals surface area contributed by atoms with Crippen molar-refractivity contribution in [1.29, 1.82) is 0 Å². The molecule has 3 aliphatic heterocycles. The van der Waals surface area contributed by atoms with Crippen LogP contribution in [0.1, 0.15) is 57.4 Å². The number of benzene rings is 1. The van der Waals surface area contributed by atoms with E-state index in [-0.39, 0.29) is 35.7 Å². The van der Waals surface area contributed by atoms with Crippen LogP contribution >= 0.6 is 0 Å². The third-order valence-electron chi connectivity index (χ3n) is 8.60. The first kappa shape index (κ1) is 24.2. The molecule has 1 aromatic rings. The molecule has 2 N–H and O–H groups in total. The van der Waals surface area contributed by atoms with Crippen LogP contribution in [0.5, 0.6) is 5.75 Å². The van der Waals surface area contributed by atoms with Gasteiger partial charge >= 0.3 is 6.09 Å². The summed E-state index contributed by atoms with van der Waals surface area (Å²) in [6.07, 6.45) is 10.5. The Morgan fingerprint density at radius 3 is 2.97 bits per heavy atom. The van der Waals surface area contributed by atoms with Crippen molar-refractivity contribution in [2.45, 2.75) is 70.6 Å². The second kappa shape index (κ2) is 9.59. The maximum Gasteiger partial charge on any atom is 0.432 e. The molecule has 2 amide bonds. The summed E-state index contributed by atoms with van der Waals surface area (Å²) in [5.41, 5.74) is 1.92. The molecule has 37 heavy (non-hydrogen) atoms. The summed E-state index contributed by atoms with van der Waals surface area (Å²) in [6.45, 7) is 3.32. The van der Waals surface area contributed by atoms with E-state index in [1.54, 1.807) is 29.3 Å². The van der Waals surface area contributed by atoms with Gasteiger partial charge < -0.3 is 20.0 Å². The summed E-state index contributed by atoms with van der Waals surface area (Å²) in [7, 11) is 0. The molecule has 9 heteroatoms. The molecule has 1 aromatic carbocycles. The lowest BCUT2D eigenvalue weighted by molar-refractivity contribution is -0.183. The number of para-hydroxylation sites is 1. The monoisotopic (exact) mass is 509 g/mol. The molecule has 0 radical (unpaired) electrons. The van der Waals surface area contributed by atoms with Crippen molar-refractivity contribution in [3.63, 3.8) is 0 Å². The standard InChI is InChI=1S/C28H35N3O6/c1-18-9-10-24-28(15-18)12-14-30(16-19-6-4-8-23(36-24)25(19)28)37-27(34)29-21-11-13-31(26(21)33)35-17-20-5-2-3-7-22(20)32/h2-3,5,7,12,14,18-19,21,24,32H,4,6,8-11,13,15-17H2,1H3,(H,29,34)/t18?,19-,21-,24-,28?/m1/s1. The fourth-order valence-electron chi connectivity index (χ4n) is 6.88. The number of rotatable bonds is 5. The Kier molecular flexibility index (Phi) is 6.26. The smallest absolute Gasteiger partial charge is 0.432 e. The van der Waals surface area contributed by atoms with Gasteiger partial charge in [0.15, 0.2) is 0 Å². The van der Waals surface area contributed by atoms with E-state index < -0.39 is 12.1 Å². The number of phenols is 1. The number of allylic oxidation sites excluding steroid dienone is 1. The molecule has 0 aromatic heterocycles. The van der Waals surface area contributed by atoms with Crippen LogP contribution in [0.25, 0.3) is 0 Å². The zero-order valence-electron chi connectivity index (χ0n) is 21.2. The van der Waals surface area contributed by atoms with Crippen molar-refractivity contribution < 1.29 is 29.1 Å². The van der Waals surface area contributed by atoms with E-state index in [4.69, 9.17) is 14.4 Å². The zero-order chi connectivity index (χ0) is 25.6. The van der Waals surface area contributed by atoms with E-state index in [0.717, 1.165) is 32.1 Å². The number of phenolic OH excluding ortho intramolecular Hbond substituents is 1. The average Bonchev–Trinajstić information content (AvgIpc) is 3.34. The van der Waals surface area contributed by atoms with Crippen molar-refractivity contribution in [3.05, 3.63) is 53.4 Å². The first-order valence-corrected chi connectivity index (χ1v) is 13.5. The highest BCUT2D eigenvalue weighted by atomic mass is 16.7. The Hall–Kier alpha value is -3.20. The molecular formula is C28H35N3O6. The quantitative estimate of drug-likeness (QED) is 0.615. The van der Waals surface area contributed by atoms with Crippen LogP contribution in [0.3, 0.4) is 0 Å². The van der Waals surface area contributed by atoms with Gasteiger partial charge in [0.2, 0.25) is 0 Å². The predicted molar refractivity (Wildman–Crippen MR) is 133 cm³/mol. The van der Waals surface area contributed by atoms with Gasteiger partial charge in [-0.1, -0.05) is 31.2 Å². The molecule has 0 bridgehead atoms. The molecule has 2 aliphatic carbocycles. The first-order chi connectivity index (χ1) is 17.9. The number of nitrogens with one attached hydrogen (secondary N) is 1. The van der Waals surface area contributed by atoms with Gasteiger partial charge in [-0.15, -0.1) is 0 Å². The van der Waals surface area contributed by atoms with E-state index in [9.17, 15) is 14.7 Å². The largest absolute Gasteiger partial charge is 0.508 e. The Labute approximate surface area is 216 Å².